The molecule has 2 rings (SSSR count). The van der Waals surface area contributed by atoms with Gasteiger partial charge in [-0.15, -0.1) is 0 Å². The molecule has 0 saturated carbocycles. The van der Waals surface area contributed by atoms with Gasteiger partial charge in [0.2, 0.25) is 0 Å². The predicted molar refractivity (Wildman–Crippen MR) is 86.4 cm³/mol. The normalized spacial score (nSPS) is 10.7. The van der Waals surface area contributed by atoms with E-state index in [1.54, 1.807) is 18.2 Å². The van der Waals surface area contributed by atoms with Crippen LogP contribution < -0.4 is 0 Å². The zero-order chi connectivity index (χ0) is 15.7. The Morgan fingerprint density at radius 3 is 2.57 bits per heavy atom. The molecule has 0 saturated heterocycles. The van der Waals surface area contributed by atoms with E-state index >= 15 is 0 Å². The Morgan fingerprint density at radius 1 is 1.33 bits per heavy atom. The van der Waals surface area contributed by atoms with Gasteiger partial charge in [-0.3, -0.25) is 4.79 Å². The lowest BCUT2D eigenvalue weighted by Crippen LogP contribution is -2.16. The third kappa shape index (κ3) is 3.20. The number of nitrogens with zero attached hydrogens (tertiary/aromatic N) is 2. The van der Waals surface area contributed by atoms with Gasteiger partial charge in [-0.2, -0.15) is 5.10 Å². The van der Waals surface area contributed by atoms with Crippen molar-refractivity contribution < 1.29 is 4.79 Å². The molecule has 0 aliphatic rings. The minimum Gasteiger partial charge on any atom is -0.267 e. The molecule has 21 heavy (non-hydrogen) atoms. The second-order valence-corrected chi connectivity index (χ2v) is 5.97. The van der Waals surface area contributed by atoms with Gasteiger partial charge < -0.3 is 0 Å². The minimum absolute atomic E-state index is 0.259. The van der Waals surface area contributed by atoms with Crippen LogP contribution in [0, 0.1) is 13.8 Å². The highest BCUT2D eigenvalue weighted by Gasteiger charge is 2.19. The van der Waals surface area contributed by atoms with Crippen LogP contribution in [0.25, 0.3) is 0 Å². The fraction of sp³-hybridized carbons (Fsp3) is 0.250. The van der Waals surface area contributed by atoms with Crippen LogP contribution in [0.2, 0.25) is 10.0 Å². The van der Waals surface area contributed by atoms with Gasteiger partial charge >= 0.3 is 0 Å². The average molecular weight is 323 g/mol. The molecule has 0 bridgehead atoms. The quantitative estimate of drug-likeness (QED) is 0.773. The van der Waals surface area contributed by atoms with E-state index in [-0.39, 0.29) is 5.91 Å². The Morgan fingerprint density at radius 2 is 2.00 bits per heavy atom. The topological polar surface area (TPSA) is 34.9 Å². The monoisotopic (exact) mass is 322 g/mol. The molecule has 0 atom stereocenters. The highest BCUT2D eigenvalue weighted by atomic mass is 35.5. The number of aryl methyl sites for hydroxylation is 1. The largest absolute Gasteiger partial charge is 0.279 e. The zero-order valence-corrected chi connectivity index (χ0v) is 13.7. The van der Waals surface area contributed by atoms with E-state index in [0.717, 1.165) is 22.5 Å². The lowest BCUT2D eigenvalue weighted by Gasteiger charge is -2.06. The van der Waals surface area contributed by atoms with Crippen molar-refractivity contribution in [2.24, 2.45) is 0 Å². The number of aromatic nitrogens is 2. The van der Waals surface area contributed by atoms with Gasteiger partial charge in [0.05, 0.1) is 16.3 Å². The van der Waals surface area contributed by atoms with Crippen molar-refractivity contribution in [3.8, 4) is 0 Å². The fourth-order valence-electron chi connectivity index (χ4n) is 2.21. The third-order valence-corrected chi connectivity index (χ3v) is 3.82. The lowest BCUT2D eigenvalue weighted by atomic mass is 10.1. The molecule has 1 aromatic carbocycles. The first kappa shape index (κ1) is 15.8. The van der Waals surface area contributed by atoms with E-state index in [9.17, 15) is 4.79 Å². The summed E-state index contributed by atoms with van der Waals surface area (Å²) in [6.07, 6.45) is 0.708. The number of rotatable bonds is 3. The second kappa shape index (κ2) is 6.04. The first-order chi connectivity index (χ1) is 9.81. The van der Waals surface area contributed by atoms with E-state index in [1.165, 1.54) is 4.68 Å². The lowest BCUT2D eigenvalue weighted by molar-refractivity contribution is 0.0942. The summed E-state index contributed by atoms with van der Waals surface area (Å²) in [4.78, 5) is 12.6. The molecule has 0 N–H and O–H groups in total. The fourth-order valence-corrected chi connectivity index (χ4v) is 2.70. The summed E-state index contributed by atoms with van der Waals surface area (Å²) in [5, 5.41) is 5.15. The molecule has 0 radical (unpaired) electrons. The van der Waals surface area contributed by atoms with Crippen LogP contribution in [0.4, 0.5) is 0 Å². The maximum atomic E-state index is 12.6. The van der Waals surface area contributed by atoms with Crippen LogP contribution in [-0.4, -0.2) is 15.7 Å². The van der Waals surface area contributed by atoms with Crippen LogP contribution in [0.1, 0.15) is 34.2 Å². The summed E-state index contributed by atoms with van der Waals surface area (Å²) in [6.45, 7) is 9.63. The van der Waals surface area contributed by atoms with E-state index in [2.05, 4.69) is 11.7 Å². The molecule has 3 nitrogen and oxygen atoms in total. The van der Waals surface area contributed by atoms with E-state index < -0.39 is 0 Å². The van der Waals surface area contributed by atoms with Crippen LogP contribution >= 0.6 is 23.2 Å². The molecular formula is C16H16Cl2N2O. The molecular weight excluding hydrogens is 307 g/mol. The van der Waals surface area contributed by atoms with Crippen molar-refractivity contribution in [3.05, 3.63) is 62.9 Å². The summed E-state index contributed by atoms with van der Waals surface area (Å²) in [5.41, 5.74) is 4.08. The SMILES string of the molecule is C=C(C)Cc1c(C)nn(C(=O)c2ccc(Cl)cc2Cl)c1C. The number of hydrogen-bond acceptors (Lipinski definition) is 2. The molecule has 1 aromatic heterocycles. The van der Waals surface area contributed by atoms with Gasteiger partial charge in [0, 0.05) is 16.3 Å². The molecule has 0 spiro atoms. The molecule has 110 valence electrons. The standard InChI is InChI=1S/C16H16Cl2N2O/c1-9(2)7-14-10(3)19-20(11(14)4)16(21)13-6-5-12(17)8-15(13)18/h5-6,8H,1,7H2,2-4H3. The Labute approximate surface area is 134 Å². The second-order valence-electron chi connectivity index (χ2n) is 5.12. The molecule has 0 unspecified atom stereocenters. The Balaban J connectivity index is 2.47. The Hall–Kier alpha value is -1.58. The number of hydrogen-bond donors (Lipinski definition) is 0. The minimum atomic E-state index is -0.259. The number of allylic oxidation sites excluding steroid dienone is 1. The highest BCUT2D eigenvalue weighted by molar-refractivity contribution is 6.36. The number of benzene rings is 1. The van der Waals surface area contributed by atoms with Crippen molar-refractivity contribution in [1.82, 2.24) is 9.78 Å². The van der Waals surface area contributed by atoms with Gasteiger partial charge in [0.1, 0.15) is 0 Å². The van der Waals surface area contributed by atoms with Crippen LogP contribution in [-0.2, 0) is 6.42 Å². The van der Waals surface area contributed by atoms with Gasteiger partial charge in [-0.05, 0) is 45.4 Å². The summed E-state index contributed by atoms with van der Waals surface area (Å²) in [6, 6.07) is 4.81. The summed E-state index contributed by atoms with van der Waals surface area (Å²) < 4.78 is 1.39. The number of carbonyl (C=O) groups excluding carboxylic acids is 1. The van der Waals surface area contributed by atoms with Crippen LogP contribution in [0.3, 0.4) is 0 Å². The summed E-state index contributed by atoms with van der Waals surface area (Å²) in [7, 11) is 0. The number of carbonyl (C=O) groups is 1. The molecule has 0 amide bonds. The van der Waals surface area contributed by atoms with E-state index in [4.69, 9.17) is 23.2 Å². The van der Waals surface area contributed by atoms with Crippen molar-refractivity contribution in [3.63, 3.8) is 0 Å². The van der Waals surface area contributed by atoms with Gasteiger partial charge in [-0.1, -0.05) is 35.4 Å². The van der Waals surface area contributed by atoms with Gasteiger partial charge in [0.25, 0.3) is 5.91 Å². The zero-order valence-electron chi connectivity index (χ0n) is 12.2. The van der Waals surface area contributed by atoms with Crippen LogP contribution in [0.15, 0.2) is 30.4 Å². The maximum Gasteiger partial charge on any atom is 0.279 e. The highest BCUT2D eigenvalue weighted by Crippen LogP contribution is 2.24. The van der Waals surface area contributed by atoms with E-state index in [0.29, 0.717) is 22.0 Å². The number of halogens is 2. The maximum absolute atomic E-state index is 12.6. The van der Waals surface area contributed by atoms with E-state index in [1.807, 2.05) is 20.8 Å². The molecule has 1 heterocycles. The first-order valence-corrected chi connectivity index (χ1v) is 7.26. The van der Waals surface area contributed by atoms with Crippen molar-refractivity contribution in [2.75, 3.05) is 0 Å². The van der Waals surface area contributed by atoms with Crippen LogP contribution in [0.5, 0.6) is 0 Å². The van der Waals surface area contributed by atoms with Gasteiger partial charge in [-0.25, -0.2) is 4.68 Å². The van der Waals surface area contributed by atoms with Crippen molar-refractivity contribution >= 4 is 29.1 Å². The average Bonchev–Trinajstić information content (AvgIpc) is 2.65. The van der Waals surface area contributed by atoms with Crippen molar-refractivity contribution in [2.45, 2.75) is 27.2 Å². The van der Waals surface area contributed by atoms with Gasteiger partial charge in [0.15, 0.2) is 0 Å². The molecule has 2 aromatic rings. The van der Waals surface area contributed by atoms with Crippen molar-refractivity contribution in [1.29, 1.82) is 0 Å². The Kier molecular flexibility index (Phi) is 4.55. The first-order valence-electron chi connectivity index (χ1n) is 6.50. The predicted octanol–water partition coefficient (Wildman–Crippen LogP) is 4.61. The molecule has 0 aliphatic carbocycles. The summed E-state index contributed by atoms with van der Waals surface area (Å²) >= 11 is 12.0. The summed E-state index contributed by atoms with van der Waals surface area (Å²) in [5.74, 6) is -0.259. The Bertz CT molecular complexity index is 732. The molecule has 5 heteroatoms. The molecule has 0 aliphatic heterocycles. The smallest absolute Gasteiger partial charge is 0.267 e. The third-order valence-electron chi connectivity index (χ3n) is 3.27. The molecule has 0 fully saturated rings.